The number of carboxylic acid groups (broad SMARTS) is 1. The van der Waals surface area contributed by atoms with Gasteiger partial charge in [-0.25, -0.2) is 4.79 Å². The molecule has 1 N–H and O–H groups in total. The zero-order chi connectivity index (χ0) is 13.3. The van der Waals surface area contributed by atoms with Crippen LogP contribution < -0.4 is 4.90 Å². The van der Waals surface area contributed by atoms with Crippen molar-refractivity contribution in [2.24, 2.45) is 11.8 Å². The fourth-order valence-electron chi connectivity index (χ4n) is 2.75. The fraction of sp³-hybridized carbons (Fsp3) is 0.500. The number of carbonyl (C=O) groups is 1. The molecular weight excluding hydrogens is 294 g/mol. The lowest BCUT2D eigenvalue weighted by Gasteiger charge is -2.36. The summed E-state index contributed by atoms with van der Waals surface area (Å²) in [6.07, 6.45) is 1.25. The van der Waals surface area contributed by atoms with Gasteiger partial charge in [0.05, 0.1) is 5.56 Å². The largest absolute Gasteiger partial charge is 0.478 e. The second-order valence-corrected chi connectivity index (χ2v) is 6.27. The van der Waals surface area contributed by atoms with Crippen LogP contribution in [0.4, 0.5) is 5.69 Å². The number of hydrogen-bond donors (Lipinski definition) is 1. The number of carboxylic acids is 1. The predicted molar refractivity (Wildman–Crippen MR) is 76.3 cm³/mol. The van der Waals surface area contributed by atoms with Crippen molar-refractivity contribution in [1.29, 1.82) is 0 Å². The van der Waals surface area contributed by atoms with Gasteiger partial charge in [0.2, 0.25) is 0 Å². The third kappa shape index (κ3) is 3.05. The van der Waals surface area contributed by atoms with Crippen LogP contribution >= 0.6 is 15.9 Å². The Morgan fingerprint density at radius 2 is 1.89 bits per heavy atom. The summed E-state index contributed by atoms with van der Waals surface area (Å²) < 4.78 is 0.822. The highest BCUT2D eigenvalue weighted by molar-refractivity contribution is 9.10. The molecule has 1 saturated heterocycles. The predicted octanol–water partition coefficient (Wildman–Crippen LogP) is 3.63. The summed E-state index contributed by atoms with van der Waals surface area (Å²) in [5.74, 6) is 0.428. The van der Waals surface area contributed by atoms with Gasteiger partial charge in [-0.2, -0.15) is 0 Å². The molecule has 0 aliphatic carbocycles. The van der Waals surface area contributed by atoms with E-state index in [0.717, 1.165) is 23.2 Å². The van der Waals surface area contributed by atoms with Crippen LogP contribution in [-0.2, 0) is 0 Å². The van der Waals surface area contributed by atoms with E-state index < -0.39 is 5.97 Å². The highest BCUT2D eigenvalue weighted by Gasteiger charge is 2.22. The Balaban J connectivity index is 2.29. The molecule has 2 unspecified atom stereocenters. The molecule has 2 atom stereocenters. The molecule has 3 nitrogen and oxygen atoms in total. The van der Waals surface area contributed by atoms with Gasteiger partial charge in [0.15, 0.2) is 0 Å². The molecule has 0 aromatic heterocycles. The van der Waals surface area contributed by atoms with Gasteiger partial charge in [0.25, 0.3) is 0 Å². The first kappa shape index (κ1) is 13.4. The van der Waals surface area contributed by atoms with Crippen LogP contribution in [0.25, 0.3) is 0 Å². The number of anilines is 1. The average Bonchev–Trinajstić information content (AvgIpc) is 2.26. The number of nitrogens with zero attached hydrogens (tertiary/aromatic N) is 1. The lowest BCUT2D eigenvalue weighted by atomic mass is 9.91. The Morgan fingerprint density at radius 3 is 2.44 bits per heavy atom. The van der Waals surface area contributed by atoms with Crippen molar-refractivity contribution in [3.8, 4) is 0 Å². The number of aromatic carboxylic acids is 1. The van der Waals surface area contributed by atoms with E-state index in [2.05, 4.69) is 34.7 Å². The summed E-state index contributed by atoms with van der Waals surface area (Å²) in [5, 5.41) is 9.10. The van der Waals surface area contributed by atoms with E-state index in [0.29, 0.717) is 17.4 Å². The van der Waals surface area contributed by atoms with E-state index in [1.807, 2.05) is 6.07 Å². The molecule has 0 amide bonds. The Labute approximate surface area is 116 Å². The van der Waals surface area contributed by atoms with Crippen LogP contribution in [0.1, 0.15) is 30.6 Å². The molecule has 18 heavy (non-hydrogen) atoms. The van der Waals surface area contributed by atoms with Crippen LogP contribution in [0.15, 0.2) is 22.7 Å². The molecule has 0 spiro atoms. The Hall–Kier alpha value is -1.03. The molecule has 0 saturated carbocycles. The fourth-order valence-corrected chi connectivity index (χ4v) is 3.24. The maximum atomic E-state index is 11.1. The molecule has 98 valence electrons. The lowest BCUT2D eigenvalue weighted by Crippen LogP contribution is -2.38. The van der Waals surface area contributed by atoms with Gasteiger partial charge in [-0.1, -0.05) is 29.8 Å². The van der Waals surface area contributed by atoms with Crippen molar-refractivity contribution in [3.63, 3.8) is 0 Å². The molecule has 0 radical (unpaired) electrons. The summed E-state index contributed by atoms with van der Waals surface area (Å²) in [6, 6.07) is 5.40. The van der Waals surface area contributed by atoms with Gasteiger partial charge >= 0.3 is 5.97 Å². The second kappa shape index (κ2) is 5.31. The molecule has 1 aliphatic rings. The Morgan fingerprint density at radius 1 is 1.28 bits per heavy atom. The molecule has 1 aliphatic heterocycles. The molecular formula is C14H18BrNO2. The molecule has 4 heteroatoms. The smallest absolute Gasteiger partial charge is 0.335 e. The summed E-state index contributed by atoms with van der Waals surface area (Å²) in [5.41, 5.74) is 1.34. The van der Waals surface area contributed by atoms with Crippen LogP contribution in [0.3, 0.4) is 0 Å². The summed E-state index contributed by atoms with van der Waals surface area (Å²) in [4.78, 5) is 13.4. The van der Waals surface area contributed by atoms with Crippen molar-refractivity contribution in [2.75, 3.05) is 18.0 Å². The molecule has 2 rings (SSSR count). The van der Waals surface area contributed by atoms with Crippen molar-refractivity contribution >= 4 is 27.6 Å². The molecule has 1 aromatic carbocycles. The highest BCUT2D eigenvalue weighted by Crippen LogP contribution is 2.29. The number of piperidine rings is 1. The SMILES string of the molecule is CC1CC(C)CN(c2cc(Br)cc(C(=O)O)c2)C1. The molecule has 0 bridgehead atoms. The van der Waals surface area contributed by atoms with E-state index >= 15 is 0 Å². The van der Waals surface area contributed by atoms with Crippen LogP contribution in [0.2, 0.25) is 0 Å². The zero-order valence-corrected chi connectivity index (χ0v) is 12.3. The first-order valence-corrected chi connectivity index (χ1v) is 7.04. The van der Waals surface area contributed by atoms with Crippen molar-refractivity contribution in [2.45, 2.75) is 20.3 Å². The number of hydrogen-bond acceptors (Lipinski definition) is 2. The van der Waals surface area contributed by atoms with Gasteiger partial charge in [0, 0.05) is 23.2 Å². The van der Waals surface area contributed by atoms with E-state index in [4.69, 9.17) is 5.11 Å². The zero-order valence-electron chi connectivity index (χ0n) is 10.7. The van der Waals surface area contributed by atoms with Crippen LogP contribution in [-0.4, -0.2) is 24.2 Å². The van der Waals surface area contributed by atoms with Gasteiger partial charge in [-0.3, -0.25) is 0 Å². The minimum absolute atomic E-state index is 0.338. The van der Waals surface area contributed by atoms with Crippen molar-refractivity contribution < 1.29 is 9.90 Å². The second-order valence-electron chi connectivity index (χ2n) is 5.35. The standard InChI is InChI=1S/C14H18BrNO2/c1-9-3-10(2)8-16(7-9)13-5-11(14(17)18)4-12(15)6-13/h4-6,9-10H,3,7-8H2,1-2H3,(H,17,18). The summed E-state index contributed by atoms with van der Waals surface area (Å²) in [7, 11) is 0. The third-order valence-electron chi connectivity index (χ3n) is 3.36. The number of rotatable bonds is 2. The van der Waals surface area contributed by atoms with Crippen molar-refractivity contribution in [1.82, 2.24) is 0 Å². The van der Waals surface area contributed by atoms with Crippen LogP contribution in [0, 0.1) is 11.8 Å². The molecule has 1 fully saturated rings. The topological polar surface area (TPSA) is 40.5 Å². The minimum atomic E-state index is -0.879. The maximum Gasteiger partial charge on any atom is 0.335 e. The van der Waals surface area contributed by atoms with Crippen LogP contribution in [0.5, 0.6) is 0 Å². The van der Waals surface area contributed by atoms with E-state index in [9.17, 15) is 4.79 Å². The Bertz CT molecular complexity index is 451. The Kier molecular flexibility index (Phi) is 3.95. The first-order valence-electron chi connectivity index (χ1n) is 6.24. The summed E-state index contributed by atoms with van der Waals surface area (Å²) >= 11 is 3.39. The van der Waals surface area contributed by atoms with E-state index in [1.165, 1.54) is 6.42 Å². The quantitative estimate of drug-likeness (QED) is 0.906. The van der Waals surface area contributed by atoms with E-state index in [1.54, 1.807) is 12.1 Å². The maximum absolute atomic E-state index is 11.1. The average molecular weight is 312 g/mol. The number of benzene rings is 1. The molecule has 1 aromatic rings. The van der Waals surface area contributed by atoms with E-state index in [-0.39, 0.29) is 0 Å². The van der Waals surface area contributed by atoms with Gasteiger partial charge in [-0.15, -0.1) is 0 Å². The number of halogens is 1. The lowest BCUT2D eigenvalue weighted by molar-refractivity contribution is 0.0697. The first-order chi connectivity index (χ1) is 8.45. The van der Waals surface area contributed by atoms with Crippen molar-refractivity contribution in [3.05, 3.63) is 28.2 Å². The minimum Gasteiger partial charge on any atom is -0.478 e. The normalized spacial score (nSPS) is 24.1. The summed E-state index contributed by atoms with van der Waals surface area (Å²) in [6.45, 7) is 6.50. The van der Waals surface area contributed by atoms with Gasteiger partial charge < -0.3 is 10.0 Å². The highest BCUT2D eigenvalue weighted by atomic mass is 79.9. The third-order valence-corrected chi connectivity index (χ3v) is 3.82. The monoisotopic (exact) mass is 311 g/mol. The molecule has 1 heterocycles. The van der Waals surface area contributed by atoms with Gasteiger partial charge in [-0.05, 0) is 36.5 Å². The van der Waals surface area contributed by atoms with Gasteiger partial charge in [0.1, 0.15) is 0 Å².